The van der Waals surface area contributed by atoms with E-state index in [0.29, 0.717) is 60.8 Å². The number of aromatic nitrogens is 2. The number of methoxy groups -OCH3 is 1. The molecule has 4 aromatic rings. The highest BCUT2D eigenvalue weighted by Gasteiger charge is 2.26. The van der Waals surface area contributed by atoms with E-state index < -0.39 is 0 Å². The van der Waals surface area contributed by atoms with Crippen molar-refractivity contribution < 1.29 is 18.4 Å². The Balaban J connectivity index is 1.38. The predicted octanol–water partition coefficient (Wildman–Crippen LogP) is 4.30. The Bertz CT molecular complexity index is 1330. The Labute approximate surface area is 196 Å². The van der Waals surface area contributed by atoms with Gasteiger partial charge in [-0.25, -0.2) is 9.37 Å². The van der Waals surface area contributed by atoms with Crippen molar-refractivity contribution in [1.29, 1.82) is 0 Å². The highest BCUT2D eigenvalue weighted by Crippen LogP contribution is 2.29. The van der Waals surface area contributed by atoms with Crippen molar-refractivity contribution in [3.63, 3.8) is 0 Å². The van der Waals surface area contributed by atoms with Gasteiger partial charge in [-0.2, -0.15) is 0 Å². The standard InChI is InChI=1S/C26H25FN4O3/c1-17-24-22(15-23(28-25(24)34-29-17)19-6-8-21(33-2)9-7-19)26(32)31-12-10-30(11-13-31)16-18-4-3-5-20(27)14-18/h3-9,14-15H,10-13,16H2,1-2H3. The van der Waals surface area contributed by atoms with E-state index in [1.807, 2.05) is 48.2 Å². The number of ether oxygens (including phenoxy) is 1. The van der Waals surface area contributed by atoms with Crippen LogP contribution in [-0.2, 0) is 6.54 Å². The van der Waals surface area contributed by atoms with Crippen LogP contribution in [-0.4, -0.2) is 59.1 Å². The predicted molar refractivity (Wildman–Crippen MR) is 126 cm³/mol. The Morgan fingerprint density at radius 1 is 1.09 bits per heavy atom. The van der Waals surface area contributed by atoms with Gasteiger partial charge in [0.05, 0.1) is 29.4 Å². The Morgan fingerprint density at radius 2 is 1.85 bits per heavy atom. The zero-order valence-electron chi connectivity index (χ0n) is 19.1. The summed E-state index contributed by atoms with van der Waals surface area (Å²) in [7, 11) is 1.62. The summed E-state index contributed by atoms with van der Waals surface area (Å²) in [6.45, 7) is 5.06. The van der Waals surface area contributed by atoms with Crippen LogP contribution in [0.5, 0.6) is 5.75 Å². The summed E-state index contributed by atoms with van der Waals surface area (Å²) in [4.78, 5) is 22.3. The van der Waals surface area contributed by atoms with E-state index in [1.165, 1.54) is 6.07 Å². The number of amides is 1. The van der Waals surface area contributed by atoms with Crippen molar-refractivity contribution in [3.05, 3.63) is 77.2 Å². The van der Waals surface area contributed by atoms with Crippen LogP contribution in [0.25, 0.3) is 22.4 Å². The van der Waals surface area contributed by atoms with Crippen molar-refractivity contribution in [1.82, 2.24) is 19.9 Å². The van der Waals surface area contributed by atoms with Crippen LogP contribution in [0.2, 0.25) is 0 Å². The molecule has 174 valence electrons. The molecule has 0 unspecified atom stereocenters. The highest BCUT2D eigenvalue weighted by molar-refractivity contribution is 6.07. The van der Waals surface area contributed by atoms with Gasteiger partial charge in [0.2, 0.25) is 0 Å². The van der Waals surface area contributed by atoms with E-state index in [4.69, 9.17) is 9.26 Å². The minimum atomic E-state index is -0.232. The van der Waals surface area contributed by atoms with Gasteiger partial charge in [-0.15, -0.1) is 0 Å². The summed E-state index contributed by atoms with van der Waals surface area (Å²) in [6, 6.07) is 16.0. The Hall–Kier alpha value is -3.78. The number of hydrogen-bond acceptors (Lipinski definition) is 6. The van der Waals surface area contributed by atoms with Gasteiger partial charge in [0, 0.05) is 38.3 Å². The number of hydrogen-bond donors (Lipinski definition) is 0. The minimum Gasteiger partial charge on any atom is -0.497 e. The molecule has 0 radical (unpaired) electrons. The fourth-order valence-corrected chi connectivity index (χ4v) is 4.35. The Kier molecular flexibility index (Phi) is 5.98. The first-order valence-corrected chi connectivity index (χ1v) is 11.2. The summed E-state index contributed by atoms with van der Waals surface area (Å²) in [5, 5.41) is 4.69. The first-order valence-electron chi connectivity index (χ1n) is 11.2. The van der Waals surface area contributed by atoms with Gasteiger partial charge in [-0.3, -0.25) is 9.69 Å². The molecule has 0 aliphatic carbocycles. The molecule has 3 heterocycles. The highest BCUT2D eigenvalue weighted by atomic mass is 19.1. The molecule has 0 N–H and O–H groups in total. The van der Waals surface area contributed by atoms with Crippen molar-refractivity contribution >= 4 is 17.0 Å². The summed E-state index contributed by atoms with van der Waals surface area (Å²) >= 11 is 0. The van der Waals surface area contributed by atoms with Gasteiger partial charge in [-0.1, -0.05) is 17.3 Å². The second-order valence-corrected chi connectivity index (χ2v) is 8.43. The molecule has 1 amide bonds. The van der Waals surface area contributed by atoms with Crippen molar-refractivity contribution in [3.8, 4) is 17.0 Å². The maximum absolute atomic E-state index is 13.6. The molecule has 1 saturated heterocycles. The number of pyridine rings is 1. The number of fused-ring (bicyclic) bond motifs is 1. The molecule has 0 atom stereocenters. The summed E-state index contributed by atoms with van der Waals surface area (Å²) in [6.07, 6.45) is 0. The molecule has 1 aliphatic heterocycles. The van der Waals surface area contributed by atoms with E-state index in [2.05, 4.69) is 15.0 Å². The molecule has 7 nitrogen and oxygen atoms in total. The second-order valence-electron chi connectivity index (χ2n) is 8.43. The molecule has 34 heavy (non-hydrogen) atoms. The second kappa shape index (κ2) is 9.23. The largest absolute Gasteiger partial charge is 0.497 e. The first kappa shape index (κ1) is 22.0. The minimum absolute atomic E-state index is 0.0705. The number of halogens is 1. The molecule has 0 spiro atoms. The molecule has 0 bridgehead atoms. The number of rotatable bonds is 5. The van der Waals surface area contributed by atoms with Crippen molar-refractivity contribution in [2.75, 3.05) is 33.3 Å². The van der Waals surface area contributed by atoms with Crippen LogP contribution >= 0.6 is 0 Å². The fourth-order valence-electron chi connectivity index (χ4n) is 4.35. The molecule has 0 saturated carbocycles. The normalized spacial score (nSPS) is 14.5. The van der Waals surface area contributed by atoms with Crippen molar-refractivity contribution in [2.24, 2.45) is 0 Å². The third-order valence-electron chi connectivity index (χ3n) is 6.19. The van der Waals surface area contributed by atoms with Crippen LogP contribution in [0.3, 0.4) is 0 Å². The number of carbonyl (C=O) groups is 1. The molecule has 1 aliphatic rings. The molecular weight excluding hydrogens is 435 g/mol. The average molecular weight is 461 g/mol. The lowest BCUT2D eigenvalue weighted by molar-refractivity contribution is 0.0630. The number of carbonyl (C=O) groups excluding carboxylic acids is 1. The van der Waals surface area contributed by atoms with Gasteiger partial charge in [0.25, 0.3) is 11.6 Å². The molecule has 2 aromatic carbocycles. The van der Waals surface area contributed by atoms with Crippen LogP contribution < -0.4 is 4.74 Å². The SMILES string of the molecule is COc1ccc(-c2cc(C(=O)N3CCN(Cc4cccc(F)c4)CC3)c3c(C)noc3n2)cc1. The van der Waals surface area contributed by atoms with Crippen LogP contribution in [0.1, 0.15) is 21.6 Å². The molecule has 2 aromatic heterocycles. The smallest absolute Gasteiger partial charge is 0.259 e. The van der Waals surface area contributed by atoms with Gasteiger partial charge in [0.1, 0.15) is 11.6 Å². The number of benzene rings is 2. The summed E-state index contributed by atoms with van der Waals surface area (Å²) in [5.74, 6) is 0.441. The average Bonchev–Trinajstić information content (AvgIpc) is 3.24. The monoisotopic (exact) mass is 460 g/mol. The van der Waals surface area contributed by atoms with Crippen LogP contribution in [0.4, 0.5) is 4.39 Å². The van der Waals surface area contributed by atoms with E-state index in [-0.39, 0.29) is 11.7 Å². The summed E-state index contributed by atoms with van der Waals surface area (Å²) in [5.41, 5.74) is 3.94. The van der Waals surface area contributed by atoms with Gasteiger partial charge >= 0.3 is 0 Å². The van der Waals surface area contributed by atoms with Gasteiger partial charge < -0.3 is 14.2 Å². The lowest BCUT2D eigenvalue weighted by atomic mass is 10.0. The van der Waals surface area contributed by atoms with Crippen molar-refractivity contribution in [2.45, 2.75) is 13.5 Å². The third kappa shape index (κ3) is 4.36. The van der Waals surface area contributed by atoms with Crippen LogP contribution in [0.15, 0.2) is 59.1 Å². The quantitative estimate of drug-likeness (QED) is 0.442. The molecular formula is C26H25FN4O3. The molecule has 8 heteroatoms. The van der Waals surface area contributed by atoms with E-state index in [0.717, 1.165) is 16.9 Å². The number of aryl methyl sites for hydroxylation is 1. The zero-order valence-corrected chi connectivity index (χ0v) is 19.1. The third-order valence-corrected chi connectivity index (χ3v) is 6.19. The first-order chi connectivity index (χ1) is 16.5. The maximum atomic E-state index is 13.6. The van der Waals surface area contributed by atoms with E-state index in [1.54, 1.807) is 19.2 Å². The maximum Gasteiger partial charge on any atom is 0.259 e. The van der Waals surface area contributed by atoms with Crippen LogP contribution in [0, 0.1) is 12.7 Å². The van der Waals surface area contributed by atoms with E-state index in [9.17, 15) is 9.18 Å². The zero-order chi connectivity index (χ0) is 23.7. The lowest BCUT2D eigenvalue weighted by Crippen LogP contribution is -2.48. The Morgan fingerprint density at radius 3 is 2.56 bits per heavy atom. The summed E-state index contributed by atoms with van der Waals surface area (Å²) < 4.78 is 24.2. The number of nitrogens with zero attached hydrogens (tertiary/aromatic N) is 4. The topological polar surface area (TPSA) is 71.7 Å². The molecule has 1 fully saturated rings. The molecule has 5 rings (SSSR count). The van der Waals surface area contributed by atoms with Gasteiger partial charge in [-0.05, 0) is 55.0 Å². The van der Waals surface area contributed by atoms with Gasteiger partial charge in [0.15, 0.2) is 0 Å². The lowest BCUT2D eigenvalue weighted by Gasteiger charge is -2.35. The van der Waals surface area contributed by atoms with E-state index >= 15 is 0 Å². The fraction of sp³-hybridized carbons (Fsp3) is 0.269. The number of piperazine rings is 1.